The third-order valence-corrected chi connectivity index (χ3v) is 3.31. The normalized spacial score (nSPS) is 11.2. The molecule has 0 bridgehead atoms. The van der Waals surface area contributed by atoms with Crippen molar-refractivity contribution in [2.45, 2.75) is 26.2 Å². The van der Waals surface area contributed by atoms with E-state index in [1.165, 1.54) is 0 Å². The van der Waals surface area contributed by atoms with Gasteiger partial charge in [-0.05, 0) is 18.2 Å². The van der Waals surface area contributed by atoms with E-state index < -0.39 is 0 Å². The molecule has 6 heteroatoms. The van der Waals surface area contributed by atoms with Crippen LogP contribution < -0.4 is 10.1 Å². The molecule has 0 aliphatic carbocycles. The lowest BCUT2D eigenvalue weighted by Crippen LogP contribution is -2.20. The van der Waals surface area contributed by atoms with Gasteiger partial charge in [0.2, 0.25) is 0 Å². The summed E-state index contributed by atoms with van der Waals surface area (Å²) in [5.74, 6) is 0.890. The van der Waals surface area contributed by atoms with Gasteiger partial charge in [0, 0.05) is 21.6 Å². The lowest BCUT2D eigenvalue weighted by atomic mass is 9.92. The van der Waals surface area contributed by atoms with Gasteiger partial charge >= 0.3 is 0 Å². The molecule has 0 radical (unpaired) electrons. The Morgan fingerprint density at radius 1 is 1.38 bits per heavy atom. The number of nitrogens with zero attached hydrogens (tertiary/aromatic N) is 1. The summed E-state index contributed by atoms with van der Waals surface area (Å²) in [7, 11) is 0. The SMILES string of the molecule is CC(C)(C)c1cc(NC(=O)COc2cccc(Br)c2)n[nH]1. The van der Waals surface area contributed by atoms with Gasteiger partial charge in [-0.3, -0.25) is 9.89 Å². The maximum Gasteiger partial charge on any atom is 0.263 e. The molecule has 0 saturated carbocycles. The molecule has 5 nitrogen and oxygen atoms in total. The number of nitrogens with one attached hydrogen (secondary N) is 2. The second-order valence-corrected chi connectivity index (χ2v) is 6.63. The van der Waals surface area contributed by atoms with Crippen LogP contribution in [0.1, 0.15) is 26.5 Å². The van der Waals surface area contributed by atoms with Gasteiger partial charge in [0.1, 0.15) is 5.75 Å². The molecule has 0 unspecified atom stereocenters. The van der Waals surface area contributed by atoms with Gasteiger partial charge in [-0.15, -0.1) is 0 Å². The zero-order chi connectivity index (χ0) is 15.5. The molecule has 1 aromatic heterocycles. The summed E-state index contributed by atoms with van der Waals surface area (Å²) in [5, 5.41) is 9.69. The zero-order valence-electron chi connectivity index (χ0n) is 12.2. The Kier molecular flexibility index (Phi) is 4.67. The topological polar surface area (TPSA) is 67.0 Å². The quantitative estimate of drug-likeness (QED) is 0.885. The van der Waals surface area contributed by atoms with Crippen molar-refractivity contribution in [1.82, 2.24) is 10.2 Å². The lowest BCUT2D eigenvalue weighted by Gasteiger charge is -2.14. The average molecular weight is 352 g/mol. The predicted molar refractivity (Wildman–Crippen MR) is 85.6 cm³/mol. The lowest BCUT2D eigenvalue weighted by molar-refractivity contribution is -0.118. The Morgan fingerprint density at radius 3 is 2.76 bits per heavy atom. The van der Waals surface area contributed by atoms with Gasteiger partial charge in [-0.25, -0.2) is 0 Å². The summed E-state index contributed by atoms with van der Waals surface area (Å²) in [6.45, 7) is 6.15. The fraction of sp³-hybridized carbons (Fsp3) is 0.333. The van der Waals surface area contributed by atoms with Crippen molar-refractivity contribution in [1.29, 1.82) is 0 Å². The van der Waals surface area contributed by atoms with E-state index in [9.17, 15) is 4.79 Å². The molecular formula is C15H18BrN3O2. The molecule has 1 aromatic carbocycles. The molecule has 0 saturated heterocycles. The standard InChI is InChI=1S/C15H18BrN3O2/c1-15(2,3)12-8-13(19-18-12)17-14(20)9-21-11-6-4-5-10(16)7-11/h4-8H,9H2,1-3H3,(H2,17,18,19,20). The van der Waals surface area contributed by atoms with Crippen LogP contribution in [0.5, 0.6) is 5.75 Å². The monoisotopic (exact) mass is 351 g/mol. The number of ether oxygens (including phenoxy) is 1. The number of hydrogen-bond donors (Lipinski definition) is 2. The number of carbonyl (C=O) groups is 1. The van der Waals surface area contributed by atoms with Gasteiger partial charge < -0.3 is 10.1 Å². The van der Waals surface area contributed by atoms with E-state index in [-0.39, 0.29) is 17.9 Å². The number of aromatic nitrogens is 2. The van der Waals surface area contributed by atoms with Crippen LogP contribution in [-0.4, -0.2) is 22.7 Å². The highest BCUT2D eigenvalue weighted by Crippen LogP contribution is 2.22. The van der Waals surface area contributed by atoms with Crippen LogP contribution in [-0.2, 0) is 10.2 Å². The molecule has 0 fully saturated rings. The zero-order valence-corrected chi connectivity index (χ0v) is 13.8. The van der Waals surface area contributed by atoms with Crippen LogP contribution in [0.3, 0.4) is 0 Å². The van der Waals surface area contributed by atoms with E-state index in [4.69, 9.17) is 4.74 Å². The fourth-order valence-electron chi connectivity index (χ4n) is 1.65. The number of halogens is 1. The highest BCUT2D eigenvalue weighted by Gasteiger charge is 2.17. The second-order valence-electron chi connectivity index (χ2n) is 5.71. The van der Waals surface area contributed by atoms with Crippen molar-refractivity contribution >= 4 is 27.7 Å². The van der Waals surface area contributed by atoms with E-state index in [2.05, 4.69) is 52.2 Å². The number of aromatic amines is 1. The summed E-state index contributed by atoms with van der Waals surface area (Å²) in [4.78, 5) is 11.8. The number of benzene rings is 1. The highest BCUT2D eigenvalue weighted by atomic mass is 79.9. The van der Waals surface area contributed by atoms with Crippen LogP contribution in [0.2, 0.25) is 0 Å². The fourth-order valence-corrected chi connectivity index (χ4v) is 2.03. The molecule has 0 atom stereocenters. The van der Waals surface area contributed by atoms with E-state index in [0.717, 1.165) is 10.2 Å². The number of carbonyl (C=O) groups excluding carboxylic acids is 1. The van der Waals surface area contributed by atoms with Crippen LogP contribution in [0.25, 0.3) is 0 Å². The number of anilines is 1. The van der Waals surface area contributed by atoms with Gasteiger partial charge in [0.25, 0.3) is 5.91 Å². The van der Waals surface area contributed by atoms with E-state index in [0.29, 0.717) is 11.6 Å². The van der Waals surface area contributed by atoms with Crippen LogP contribution >= 0.6 is 15.9 Å². The van der Waals surface area contributed by atoms with Crippen molar-refractivity contribution in [2.75, 3.05) is 11.9 Å². The van der Waals surface area contributed by atoms with Gasteiger partial charge in [-0.1, -0.05) is 42.8 Å². The molecule has 0 spiro atoms. The molecule has 1 amide bonds. The summed E-state index contributed by atoms with van der Waals surface area (Å²) in [5.41, 5.74) is 0.925. The maximum absolute atomic E-state index is 11.8. The van der Waals surface area contributed by atoms with Crippen molar-refractivity contribution in [2.24, 2.45) is 0 Å². The summed E-state index contributed by atoms with van der Waals surface area (Å²) in [6.07, 6.45) is 0. The van der Waals surface area contributed by atoms with Gasteiger partial charge in [0.15, 0.2) is 12.4 Å². The first-order valence-electron chi connectivity index (χ1n) is 6.59. The van der Waals surface area contributed by atoms with Crippen LogP contribution in [0, 0.1) is 0 Å². The molecule has 2 N–H and O–H groups in total. The molecular weight excluding hydrogens is 334 g/mol. The molecule has 2 aromatic rings. The second kappa shape index (κ2) is 6.30. The Bertz CT molecular complexity index is 632. The molecule has 21 heavy (non-hydrogen) atoms. The van der Waals surface area contributed by atoms with E-state index in [1.54, 1.807) is 12.1 Å². The average Bonchev–Trinajstić information content (AvgIpc) is 2.85. The first-order valence-corrected chi connectivity index (χ1v) is 7.38. The summed E-state index contributed by atoms with van der Waals surface area (Å²) in [6, 6.07) is 9.17. The first kappa shape index (κ1) is 15.6. The largest absolute Gasteiger partial charge is 0.484 e. The Hall–Kier alpha value is -1.82. The highest BCUT2D eigenvalue weighted by molar-refractivity contribution is 9.10. The third kappa shape index (κ3) is 4.60. The number of H-pyrrole nitrogens is 1. The van der Waals surface area contributed by atoms with Crippen LogP contribution in [0.15, 0.2) is 34.8 Å². The van der Waals surface area contributed by atoms with Crippen molar-refractivity contribution in [3.8, 4) is 5.75 Å². The Labute approximate surface area is 132 Å². The van der Waals surface area contributed by atoms with E-state index in [1.807, 2.05) is 18.2 Å². The van der Waals surface area contributed by atoms with Gasteiger partial charge in [0.05, 0.1) is 0 Å². The van der Waals surface area contributed by atoms with E-state index >= 15 is 0 Å². The van der Waals surface area contributed by atoms with Crippen LogP contribution in [0.4, 0.5) is 5.82 Å². The summed E-state index contributed by atoms with van der Waals surface area (Å²) < 4.78 is 6.32. The first-order chi connectivity index (χ1) is 9.84. The summed E-state index contributed by atoms with van der Waals surface area (Å²) >= 11 is 3.35. The van der Waals surface area contributed by atoms with Crippen molar-refractivity contribution < 1.29 is 9.53 Å². The molecule has 1 heterocycles. The number of hydrogen-bond acceptors (Lipinski definition) is 3. The number of rotatable bonds is 4. The molecule has 2 rings (SSSR count). The number of amides is 1. The minimum atomic E-state index is -0.248. The third-order valence-electron chi connectivity index (χ3n) is 2.82. The maximum atomic E-state index is 11.8. The van der Waals surface area contributed by atoms with Crippen molar-refractivity contribution in [3.05, 3.63) is 40.5 Å². The molecule has 0 aliphatic heterocycles. The minimum Gasteiger partial charge on any atom is -0.484 e. The Morgan fingerprint density at radius 2 is 2.14 bits per heavy atom. The molecule has 112 valence electrons. The predicted octanol–water partition coefficient (Wildman–Crippen LogP) is 3.49. The van der Waals surface area contributed by atoms with Crippen molar-refractivity contribution in [3.63, 3.8) is 0 Å². The Balaban J connectivity index is 1.89. The molecule has 0 aliphatic rings. The minimum absolute atomic E-state index is 0.0389. The van der Waals surface area contributed by atoms with Gasteiger partial charge in [-0.2, -0.15) is 5.10 Å². The smallest absolute Gasteiger partial charge is 0.263 e.